The standard InChI is InChI=1S/C28H39FO3/c1-3-5-7-8-9-12-20-32-23-18-16-22(17-19-23)24-14-10-11-15-25(24)26(13-6-4-2)27(29)21-28(30)31/h10-11,14-19,26-27H,3-9,12-13,20-21H2,1-2H3,(H,30,31). The number of hydrogen-bond donors (Lipinski definition) is 1. The fourth-order valence-electron chi connectivity index (χ4n) is 4.15. The quantitative estimate of drug-likeness (QED) is 0.267. The van der Waals surface area contributed by atoms with E-state index in [-0.39, 0.29) is 0 Å². The zero-order valence-corrected chi connectivity index (χ0v) is 19.7. The van der Waals surface area contributed by atoms with Crippen LogP contribution < -0.4 is 4.74 Å². The van der Waals surface area contributed by atoms with E-state index in [0.717, 1.165) is 48.3 Å². The van der Waals surface area contributed by atoms with Crippen LogP contribution in [0, 0.1) is 0 Å². The van der Waals surface area contributed by atoms with Gasteiger partial charge >= 0.3 is 5.97 Å². The normalized spacial score (nSPS) is 13.0. The second kappa shape index (κ2) is 14.7. The molecule has 0 fully saturated rings. The molecule has 0 amide bonds. The topological polar surface area (TPSA) is 46.5 Å². The zero-order chi connectivity index (χ0) is 23.2. The fraction of sp³-hybridized carbons (Fsp3) is 0.536. The van der Waals surface area contributed by atoms with Crippen molar-refractivity contribution in [1.29, 1.82) is 0 Å². The van der Waals surface area contributed by atoms with Crippen LogP contribution in [0.2, 0.25) is 0 Å². The summed E-state index contributed by atoms with van der Waals surface area (Å²) in [6.07, 6.45) is 7.99. The zero-order valence-electron chi connectivity index (χ0n) is 19.7. The lowest BCUT2D eigenvalue weighted by atomic mass is 9.83. The molecule has 2 aromatic rings. The third-order valence-electron chi connectivity index (χ3n) is 5.97. The highest BCUT2D eigenvalue weighted by molar-refractivity contribution is 5.70. The Balaban J connectivity index is 2.07. The van der Waals surface area contributed by atoms with Gasteiger partial charge in [-0.1, -0.05) is 95.2 Å². The number of aliphatic carboxylic acids is 1. The molecule has 0 bridgehead atoms. The molecule has 0 aliphatic heterocycles. The van der Waals surface area contributed by atoms with E-state index in [2.05, 4.69) is 13.8 Å². The highest BCUT2D eigenvalue weighted by Gasteiger charge is 2.27. The van der Waals surface area contributed by atoms with Gasteiger partial charge in [0.05, 0.1) is 13.0 Å². The average molecular weight is 443 g/mol. The number of carboxylic acid groups (broad SMARTS) is 1. The van der Waals surface area contributed by atoms with E-state index in [0.29, 0.717) is 6.42 Å². The maximum atomic E-state index is 15.0. The van der Waals surface area contributed by atoms with E-state index in [1.165, 1.54) is 32.1 Å². The summed E-state index contributed by atoms with van der Waals surface area (Å²) in [7, 11) is 0. The summed E-state index contributed by atoms with van der Waals surface area (Å²) < 4.78 is 20.8. The van der Waals surface area contributed by atoms with E-state index in [9.17, 15) is 9.18 Å². The Kier molecular flexibility index (Phi) is 11.9. The minimum Gasteiger partial charge on any atom is -0.494 e. The molecule has 0 aromatic heterocycles. The minimum atomic E-state index is -1.40. The number of halogens is 1. The van der Waals surface area contributed by atoms with Crippen molar-refractivity contribution in [2.75, 3.05) is 6.61 Å². The molecular formula is C28H39FO3. The highest BCUT2D eigenvalue weighted by atomic mass is 19.1. The number of unbranched alkanes of at least 4 members (excludes halogenated alkanes) is 6. The van der Waals surface area contributed by atoms with E-state index in [4.69, 9.17) is 9.84 Å². The van der Waals surface area contributed by atoms with Crippen molar-refractivity contribution in [3.63, 3.8) is 0 Å². The van der Waals surface area contributed by atoms with Gasteiger partial charge in [0.1, 0.15) is 11.9 Å². The molecule has 0 saturated carbocycles. The van der Waals surface area contributed by atoms with Crippen LogP contribution in [0.15, 0.2) is 48.5 Å². The molecule has 2 atom stereocenters. The van der Waals surface area contributed by atoms with Crippen LogP contribution in [0.25, 0.3) is 11.1 Å². The molecule has 1 N–H and O–H groups in total. The average Bonchev–Trinajstić information content (AvgIpc) is 2.79. The van der Waals surface area contributed by atoms with Crippen molar-refractivity contribution < 1.29 is 19.0 Å². The Bertz CT molecular complexity index is 788. The number of alkyl halides is 1. The summed E-state index contributed by atoms with van der Waals surface area (Å²) in [5, 5.41) is 9.11. The molecule has 0 saturated heterocycles. The summed E-state index contributed by atoms with van der Waals surface area (Å²) >= 11 is 0. The van der Waals surface area contributed by atoms with E-state index in [1.807, 2.05) is 48.5 Å². The second-order valence-electron chi connectivity index (χ2n) is 8.59. The van der Waals surface area contributed by atoms with E-state index in [1.54, 1.807) is 0 Å². The molecule has 176 valence electrons. The molecule has 2 unspecified atom stereocenters. The van der Waals surface area contributed by atoms with Gasteiger partial charge in [0.15, 0.2) is 0 Å². The first kappa shape index (κ1) is 25.9. The Morgan fingerprint density at radius 1 is 0.906 bits per heavy atom. The maximum absolute atomic E-state index is 15.0. The number of rotatable bonds is 16. The lowest BCUT2D eigenvalue weighted by molar-refractivity contribution is -0.138. The molecule has 0 heterocycles. The summed E-state index contributed by atoms with van der Waals surface area (Å²) in [5.41, 5.74) is 2.84. The number of ether oxygens (including phenoxy) is 1. The molecule has 3 nitrogen and oxygen atoms in total. The first-order valence-corrected chi connectivity index (χ1v) is 12.2. The summed E-state index contributed by atoms with van der Waals surface area (Å²) in [5.74, 6) is -0.675. The van der Waals surface area contributed by atoms with E-state index >= 15 is 0 Å². The number of carbonyl (C=O) groups is 1. The van der Waals surface area contributed by atoms with Gasteiger partial charge in [-0.25, -0.2) is 4.39 Å². The molecule has 2 rings (SSSR count). The second-order valence-corrected chi connectivity index (χ2v) is 8.59. The molecule has 0 spiro atoms. The van der Waals surface area contributed by atoms with Crippen molar-refractivity contribution in [2.24, 2.45) is 0 Å². The summed E-state index contributed by atoms with van der Waals surface area (Å²) in [6.45, 7) is 5.01. The molecule has 0 radical (unpaired) electrons. The number of carboxylic acids is 1. The van der Waals surface area contributed by atoms with Crippen molar-refractivity contribution in [3.8, 4) is 16.9 Å². The Labute approximate surface area is 193 Å². The van der Waals surface area contributed by atoms with Crippen LogP contribution in [0.4, 0.5) is 4.39 Å². The first-order valence-electron chi connectivity index (χ1n) is 12.2. The highest BCUT2D eigenvalue weighted by Crippen LogP contribution is 2.37. The van der Waals surface area contributed by atoms with Crippen molar-refractivity contribution in [2.45, 2.75) is 90.1 Å². The molecule has 32 heavy (non-hydrogen) atoms. The Morgan fingerprint density at radius 3 is 2.25 bits per heavy atom. The van der Waals surface area contributed by atoms with Crippen LogP contribution in [0.1, 0.15) is 89.5 Å². The molecule has 4 heteroatoms. The molecule has 0 aliphatic carbocycles. The van der Waals surface area contributed by atoms with Gasteiger partial charge in [-0.15, -0.1) is 0 Å². The third-order valence-corrected chi connectivity index (χ3v) is 5.97. The van der Waals surface area contributed by atoms with Crippen LogP contribution in [0.3, 0.4) is 0 Å². The monoisotopic (exact) mass is 442 g/mol. The van der Waals surface area contributed by atoms with Crippen LogP contribution in [0.5, 0.6) is 5.75 Å². The van der Waals surface area contributed by atoms with Gasteiger partial charge < -0.3 is 9.84 Å². The fourth-order valence-corrected chi connectivity index (χ4v) is 4.15. The molecular weight excluding hydrogens is 403 g/mol. The lowest BCUT2D eigenvalue weighted by Crippen LogP contribution is -2.19. The van der Waals surface area contributed by atoms with Crippen LogP contribution >= 0.6 is 0 Å². The SMILES string of the molecule is CCCCCCCCOc1ccc(-c2ccccc2C(CCCC)C(F)CC(=O)O)cc1. The Hall–Kier alpha value is -2.36. The number of benzene rings is 2. The first-order chi connectivity index (χ1) is 15.6. The van der Waals surface area contributed by atoms with Crippen molar-refractivity contribution in [1.82, 2.24) is 0 Å². The predicted octanol–water partition coefficient (Wildman–Crippen LogP) is 8.18. The molecule has 2 aromatic carbocycles. The third kappa shape index (κ3) is 8.64. The van der Waals surface area contributed by atoms with Gasteiger partial charge in [0.2, 0.25) is 0 Å². The predicted molar refractivity (Wildman–Crippen MR) is 130 cm³/mol. The summed E-state index contributed by atoms with van der Waals surface area (Å²) in [6, 6.07) is 15.7. The summed E-state index contributed by atoms with van der Waals surface area (Å²) in [4.78, 5) is 11.1. The largest absolute Gasteiger partial charge is 0.494 e. The van der Waals surface area contributed by atoms with Gasteiger partial charge in [0.25, 0.3) is 0 Å². The Morgan fingerprint density at radius 2 is 1.56 bits per heavy atom. The van der Waals surface area contributed by atoms with Crippen molar-refractivity contribution in [3.05, 3.63) is 54.1 Å². The smallest absolute Gasteiger partial charge is 0.306 e. The van der Waals surface area contributed by atoms with E-state index < -0.39 is 24.5 Å². The van der Waals surface area contributed by atoms with Crippen LogP contribution in [-0.4, -0.2) is 23.9 Å². The minimum absolute atomic E-state index is 0.425. The van der Waals surface area contributed by atoms with Gasteiger partial charge in [-0.2, -0.15) is 0 Å². The molecule has 0 aliphatic rings. The maximum Gasteiger partial charge on any atom is 0.306 e. The van der Waals surface area contributed by atoms with Gasteiger partial charge in [0, 0.05) is 5.92 Å². The van der Waals surface area contributed by atoms with Crippen LogP contribution in [-0.2, 0) is 4.79 Å². The number of hydrogen-bond acceptors (Lipinski definition) is 2. The lowest BCUT2D eigenvalue weighted by Gasteiger charge is -2.23. The van der Waals surface area contributed by atoms with Crippen molar-refractivity contribution >= 4 is 5.97 Å². The van der Waals surface area contributed by atoms with Gasteiger partial charge in [-0.3, -0.25) is 4.79 Å². The van der Waals surface area contributed by atoms with Gasteiger partial charge in [-0.05, 0) is 41.7 Å².